The van der Waals surface area contributed by atoms with E-state index in [1.54, 1.807) is 26.0 Å². The van der Waals surface area contributed by atoms with Crippen LogP contribution in [0.25, 0.3) is 0 Å². The van der Waals surface area contributed by atoms with Crippen molar-refractivity contribution in [2.75, 3.05) is 0 Å². The Balaban J connectivity index is 2.92. The van der Waals surface area contributed by atoms with Gasteiger partial charge >= 0.3 is 22.1 Å². The molecule has 0 aliphatic carbocycles. The molecule has 1 unspecified atom stereocenters. The second-order valence-corrected chi connectivity index (χ2v) is 5.90. The first-order valence-electron chi connectivity index (χ1n) is 6.05. The van der Waals surface area contributed by atoms with E-state index in [1.165, 1.54) is 12.1 Å². The van der Waals surface area contributed by atoms with Crippen molar-refractivity contribution in [1.82, 2.24) is 0 Å². The van der Waals surface area contributed by atoms with E-state index < -0.39 is 28.0 Å². The zero-order chi connectivity index (χ0) is 15.3. The highest BCUT2D eigenvalue weighted by molar-refractivity contribution is 7.87. The van der Waals surface area contributed by atoms with Gasteiger partial charge in [0.1, 0.15) is 4.90 Å². The van der Waals surface area contributed by atoms with Crippen LogP contribution < -0.4 is 0 Å². The number of carboxylic acids is 1. The lowest BCUT2D eigenvalue weighted by molar-refractivity contribution is -0.152. The third-order valence-electron chi connectivity index (χ3n) is 2.66. The van der Waals surface area contributed by atoms with E-state index in [2.05, 4.69) is 4.18 Å². The minimum absolute atomic E-state index is 0.0254. The molecule has 1 rings (SSSR count). The number of rotatable bonds is 6. The smallest absolute Gasteiger partial charge is 0.341 e. The summed E-state index contributed by atoms with van der Waals surface area (Å²) in [4.78, 5) is 22.4. The van der Waals surface area contributed by atoms with Crippen molar-refractivity contribution in [3.05, 3.63) is 29.8 Å². The molecule has 20 heavy (non-hydrogen) atoms. The number of aliphatic carboxylic acids is 1. The summed E-state index contributed by atoms with van der Waals surface area (Å²) in [5.74, 6) is -4.13. The zero-order valence-corrected chi connectivity index (χ0v) is 12.0. The highest BCUT2D eigenvalue weighted by atomic mass is 32.2. The Morgan fingerprint density at radius 3 is 2.25 bits per heavy atom. The highest BCUT2D eigenvalue weighted by Crippen LogP contribution is 2.17. The van der Waals surface area contributed by atoms with Crippen LogP contribution in [0.4, 0.5) is 0 Å². The Morgan fingerprint density at radius 2 is 1.80 bits per heavy atom. The third kappa shape index (κ3) is 4.06. The lowest BCUT2D eigenvalue weighted by Crippen LogP contribution is -2.28. The summed E-state index contributed by atoms with van der Waals surface area (Å²) in [6.45, 7) is 3.47. The maximum absolute atomic E-state index is 11.8. The van der Waals surface area contributed by atoms with Crippen molar-refractivity contribution < 1.29 is 27.3 Å². The number of hydrogen-bond acceptors (Lipinski definition) is 5. The van der Waals surface area contributed by atoms with Gasteiger partial charge < -0.3 is 9.29 Å². The minimum atomic E-state index is -4.29. The molecule has 110 valence electrons. The number of carbonyl (C=O) groups excluding carboxylic acids is 1. The molecule has 0 fully saturated rings. The lowest BCUT2D eigenvalue weighted by Gasteiger charge is -2.11. The molecular formula is C13H16O6S. The first-order chi connectivity index (χ1) is 9.27. The predicted octanol–water partition coefficient (Wildman–Crippen LogP) is 1.73. The molecule has 0 aliphatic rings. The van der Waals surface area contributed by atoms with E-state index in [9.17, 15) is 18.0 Å². The monoisotopic (exact) mass is 300 g/mol. The molecule has 1 N–H and O–H groups in total. The molecule has 6 nitrogen and oxygen atoms in total. The van der Waals surface area contributed by atoms with Crippen LogP contribution in [0.1, 0.15) is 25.3 Å². The van der Waals surface area contributed by atoms with Crippen LogP contribution >= 0.6 is 0 Å². The van der Waals surface area contributed by atoms with Crippen LogP contribution in [-0.2, 0) is 23.9 Å². The van der Waals surface area contributed by atoms with E-state index in [-0.39, 0.29) is 11.3 Å². The third-order valence-corrected chi connectivity index (χ3v) is 3.89. The van der Waals surface area contributed by atoms with Crippen LogP contribution in [0.2, 0.25) is 0 Å². The standard InChI is InChI=1S/C13H16O6S/c1-3-4-11(12(14)15)13(16)19-20(17,18)10-7-5-9(2)6-8-10/h5-8,11H,3-4H2,1-2H3,(H,14,15). The summed E-state index contributed by atoms with van der Waals surface area (Å²) in [5, 5.41) is 8.88. The van der Waals surface area contributed by atoms with Gasteiger partial charge in [0.05, 0.1) is 0 Å². The van der Waals surface area contributed by atoms with Gasteiger partial charge in [-0.25, -0.2) is 4.79 Å². The lowest BCUT2D eigenvalue weighted by atomic mass is 10.1. The summed E-state index contributed by atoms with van der Waals surface area (Å²) in [7, 11) is -4.29. The van der Waals surface area contributed by atoms with Gasteiger partial charge in [0, 0.05) is 0 Å². The van der Waals surface area contributed by atoms with Crippen LogP contribution in [0, 0.1) is 12.8 Å². The molecule has 1 atom stereocenters. The predicted molar refractivity (Wildman–Crippen MR) is 70.5 cm³/mol. The Kier molecular flexibility index (Phi) is 5.26. The van der Waals surface area contributed by atoms with E-state index in [0.29, 0.717) is 6.42 Å². The number of carbonyl (C=O) groups is 2. The summed E-state index contributed by atoms with van der Waals surface area (Å²) in [6, 6.07) is 5.71. The van der Waals surface area contributed by atoms with Crippen molar-refractivity contribution in [2.24, 2.45) is 5.92 Å². The number of hydrogen-bond donors (Lipinski definition) is 1. The molecule has 0 radical (unpaired) electrons. The van der Waals surface area contributed by atoms with Gasteiger partial charge in [-0.05, 0) is 25.5 Å². The molecule has 0 aliphatic heterocycles. The van der Waals surface area contributed by atoms with E-state index in [1.807, 2.05) is 0 Å². The topological polar surface area (TPSA) is 97.7 Å². The summed E-state index contributed by atoms with van der Waals surface area (Å²) < 4.78 is 28.1. The Bertz CT molecular complexity index is 588. The SMILES string of the molecule is CCCC(C(=O)O)C(=O)OS(=O)(=O)c1ccc(C)cc1. The van der Waals surface area contributed by atoms with E-state index in [4.69, 9.17) is 5.11 Å². The average molecular weight is 300 g/mol. The molecule has 0 amide bonds. The van der Waals surface area contributed by atoms with Crippen molar-refractivity contribution in [1.29, 1.82) is 0 Å². The molecule has 0 spiro atoms. The molecule has 0 bridgehead atoms. The van der Waals surface area contributed by atoms with E-state index in [0.717, 1.165) is 5.56 Å². The summed E-state index contributed by atoms with van der Waals surface area (Å²) in [6.07, 6.45) is 0.453. The van der Waals surface area contributed by atoms with Crippen molar-refractivity contribution in [3.8, 4) is 0 Å². The molecule has 1 aromatic rings. The first kappa shape index (κ1) is 16.2. The van der Waals surface area contributed by atoms with Gasteiger partial charge in [-0.1, -0.05) is 31.0 Å². The average Bonchev–Trinajstić information content (AvgIpc) is 2.35. The van der Waals surface area contributed by atoms with Crippen LogP contribution in [-0.4, -0.2) is 25.5 Å². The van der Waals surface area contributed by atoms with E-state index >= 15 is 0 Å². The number of carboxylic acid groups (broad SMARTS) is 1. The Morgan fingerprint density at radius 1 is 1.25 bits per heavy atom. The van der Waals surface area contributed by atoms with Crippen LogP contribution in [0.15, 0.2) is 29.2 Å². The molecule has 0 aromatic heterocycles. The van der Waals surface area contributed by atoms with Gasteiger partial charge in [-0.2, -0.15) is 8.42 Å². The fraction of sp³-hybridized carbons (Fsp3) is 0.385. The van der Waals surface area contributed by atoms with Gasteiger partial charge in [0.15, 0.2) is 5.92 Å². The molecule has 1 aromatic carbocycles. The minimum Gasteiger partial charge on any atom is -0.481 e. The molecular weight excluding hydrogens is 284 g/mol. The Hall–Kier alpha value is -1.89. The fourth-order valence-electron chi connectivity index (χ4n) is 1.55. The van der Waals surface area contributed by atoms with Crippen molar-refractivity contribution in [3.63, 3.8) is 0 Å². The molecule has 0 saturated carbocycles. The highest BCUT2D eigenvalue weighted by Gasteiger charge is 2.31. The molecule has 0 heterocycles. The van der Waals surface area contributed by atoms with Crippen molar-refractivity contribution >= 4 is 22.1 Å². The number of benzene rings is 1. The maximum Gasteiger partial charge on any atom is 0.341 e. The number of aryl methyl sites for hydroxylation is 1. The second-order valence-electron chi connectivity index (χ2n) is 4.35. The summed E-state index contributed by atoms with van der Waals surface area (Å²) in [5.41, 5.74) is 0.852. The van der Waals surface area contributed by atoms with Gasteiger partial charge in [0.2, 0.25) is 0 Å². The van der Waals surface area contributed by atoms with Crippen LogP contribution in [0.3, 0.4) is 0 Å². The quantitative estimate of drug-likeness (QED) is 0.634. The molecule has 0 saturated heterocycles. The summed E-state index contributed by atoms with van der Waals surface area (Å²) >= 11 is 0. The largest absolute Gasteiger partial charge is 0.481 e. The maximum atomic E-state index is 11.8. The van der Waals surface area contributed by atoms with Gasteiger partial charge in [-0.3, -0.25) is 4.79 Å². The fourth-order valence-corrected chi connectivity index (χ4v) is 2.45. The van der Waals surface area contributed by atoms with Gasteiger partial charge in [0.25, 0.3) is 0 Å². The Labute approximate surface area is 117 Å². The molecule has 7 heteroatoms. The van der Waals surface area contributed by atoms with Crippen molar-refractivity contribution in [2.45, 2.75) is 31.6 Å². The zero-order valence-electron chi connectivity index (χ0n) is 11.2. The van der Waals surface area contributed by atoms with Crippen LogP contribution in [0.5, 0.6) is 0 Å². The first-order valence-corrected chi connectivity index (χ1v) is 7.46. The van der Waals surface area contributed by atoms with Gasteiger partial charge in [-0.15, -0.1) is 0 Å². The second kappa shape index (κ2) is 6.51. The normalized spacial score (nSPS) is 12.7.